The lowest BCUT2D eigenvalue weighted by Gasteiger charge is -2.05. The number of thiophene rings is 1. The van der Waals surface area contributed by atoms with Gasteiger partial charge in [-0.05, 0) is 29.1 Å². The molecule has 2 aromatic rings. The minimum atomic E-state index is -1.06. The molecule has 0 aliphatic carbocycles. The summed E-state index contributed by atoms with van der Waals surface area (Å²) in [6.45, 7) is 0. The van der Waals surface area contributed by atoms with Crippen molar-refractivity contribution in [2.75, 3.05) is 5.32 Å². The molecule has 2 rings (SSSR count). The van der Waals surface area contributed by atoms with Crippen LogP contribution in [0.15, 0.2) is 29.6 Å². The topological polar surface area (TPSA) is 66.4 Å². The highest BCUT2D eigenvalue weighted by atomic mass is 35.5. The molecule has 0 bridgehead atoms. The second-order valence-corrected chi connectivity index (χ2v) is 5.67. The number of carbonyl (C=O) groups excluding carboxylic acids is 1. The maximum Gasteiger partial charge on any atom is 0.348 e. The number of halogens is 2. The van der Waals surface area contributed by atoms with Gasteiger partial charge < -0.3 is 10.4 Å². The normalized spacial score (nSPS) is 10.3. The molecule has 0 aliphatic heterocycles. The zero-order chi connectivity index (χ0) is 14.7. The number of hydrogen-bond donors (Lipinski definition) is 2. The van der Waals surface area contributed by atoms with E-state index in [9.17, 15) is 9.59 Å². The molecule has 7 heteroatoms. The first-order valence-electron chi connectivity index (χ1n) is 5.52. The number of carboxylic acids is 1. The van der Waals surface area contributed by atoms with E-state index in [2.05, 4.69) is 5.32 Å². The fraction of sp³-hybridized carbons (Fsp3) is 0.0769. The van der Waals surface area contributed by atoms with Gasteiger partial charge in [-0.25, -0.2) is 4.79 Å². The Morgan fingerprint density at radius 1 is 1.20 bits per heavy atom. The molecule has 0 aliphatic rings. The van der Waals surface area contributed by atoms with E-state index in [0.29, 0.717) is 21.3 Å². The monoisotopic (exact) mass is 329 g/mol. The van der Waals surface area contributed by atoms with Crippen molar-refractivity contribution in [3.05, 3.63) is 50.1 Å². The second-order valence-electron chi connectivity index (χ2n) is 3.94. The summed E-state index contributed by atoms with van der Waals surface area (Å²) in [5.41, 5.74) is 0.997. The van der Waals surface area contributed by atoms with Crippen LogP contribution in [0.2, 0.25) is 10.0 Å². The largest absolute Gasteiger partial charge is 0.477 e. The van der Waals surface area contributed by atoms with Crippen molar-refractivity contribution in [1.29, 1.82) is 0 Å². The summed E-state index contributed by atoms with van der Waals surface area (Å²) in [7, 11) is 0. The predicted octanol–water partition coefficient (Wildman–Crippen LogP) is 3.93. The molecule has 0 atom stereocenters. The molecule has 1 aromatic heterocycles. The number of rotatable bonds is 4. The van der Waals surface area contributed by atoms with E-state index in [4.69, 9.17) is 28.3 Å². The van der Waals surface area contributed by atoms with Crippen molar-refractivity contribution in [2.24, 2.45) is 0 Å². The lowest BCUT2D eigenvalue weighted by molar-refractivity contribution is -0.115. The quantitative estimate of drug-likeness (QED) is 0.892. The summed E-state index contributed by atoms with van der Waals surface area (Å²) in [4.78, 5) is 22.9. The molecule has 1 aromatic carbocycles. The molecule has 1 amide bonds. The SMILES string of the molecule is O=C(Cc1ccc(Cl)c(Cl)c1)Nc1ccsc1C(=O)O. The Morgan fingerprint density at radius 2 is 1.95 bits per heavy atom. The number of carboxylic acid groups (broad SMARTS) is 1. The number of benzene rings is 1. The standard InChI is InChI=1S/C13H9Cl2NO3S/c14-8-2-1-7(5-9(8)15)6-11(17)16-10-3-4-20-12(10)13(18)19/h1-5H,6H2,(H,16,17)(H,18,19). The van der Waals surface area contributed by atoms with Gasteiger partial charge in [0.25, 0.3) is 0 Å². The van der Waals surface area contributed by atoms with Crippen molar-refractivity contribution in [3.8, 4) is 0 Å². The van der Waals surface area contributed by atoms with E-state index in [1.165, 1.54) is 0 Å². The van der Waals surface area contributed by atoms with E-state index >= 15 is 0 Å². The van der Waals surface area contributed by atoms with Crippen molar-refractivity contribution in [2.45, 2.75) is 6.42 Å². The number of nitrogens with one attached hydrogen (secondary N) is 1. The van der Waals surface area contributed by atoms with Crippen LogP contribution in [-0.2, 0) is 11.2 Å². The van der Waals surface area contributed by atoms with Gasteiger partial charge in [0.2, 0.25) is 5.91 Å². The Morgan fingerprint density at radius 3 is 2.60 bits per heavy atom. The van der Waals surface area contributed by atoms with Gasteiger partial charge in [0.05, 0.1) is 22.2 Å². The first-order chi connectivity index (χ1) is 9.47. The van der Waals surface area contributed by atoms with Gasteiger partial charge in [0.15, 0.2) is 0 Å². The fourth-order valence-corrected chi connectivity index (χ4v) is 2.61. The molecule has 104 valence electrons. The van der Waals surface area contributed by atoms with Gasteiger partial charge in [-0.2, -0.15) is 0 Å². The van der Waals surface area contributed by atoms with Crippen molar-refractivity contribution >= 4 is 52.1 Å². The average Bonchev–Trinajstić information content (AvgIpc) is 2.82. The van der Waals surface area contributed by atoms with Crippen LogP contribution in [0, 0.1) is 0 Å². The van der Waals surface area contributed by atoms with Gasteiger partial charge in [-0.1, -0.05) is 29.3 Å². The Bertz CT molecular complexity index is 669. The first-order valence-corrected chi connectivity index (χ1v) is 7.15. The Labute approximate surface area is 128 Å². The van der Waals surface area contributed by atoms with Crippen LogP contribution >= 0.6 is 34.5 Å². The molecule has 0 fully saturated rings. The van der Waals surface area contributed by atoms with Crippen molar-refractivity contribution < 1.29 is 14.7 Å². The van der Waals surface area contributed by atoms with Crippen LogP contribution in [-0.4, -0.2) is 17.0 Å². The van der Waals surface area contributed by atoms with Crippen LogP contribution in [0.1, 0.15) is 15.2 Å². The smallest absolute Gasteiger partial charge is 0.348 e. The van der Waals surface area contributed by atoms with Crippen LogP contribution < -0.4 is 5.32 Å². The average molecular weight is 330 g/mol. The summed E-state index contributed by atoms with van der Waals surface area (Å²) >= 11 is 12.7. The molecular weight excluding hydrogens is 321 g/mol. The number of carbonyl (C=O) groups is 2. The van der Waals surface area contributed by atoms with Gasteiger partial charge in [-0.3, -0.25) is 4.79 Å². The number of amides is 1. The summed E-state index contributed by atoms with van der Waals surface area (Å²) < 4.78 is 0. The molecule has 4 nitrogen and oxygen atoms in total. The highest BCUT2D eigenvalue weighted by Gasteiger charge is 2.14. The molecule has 0 spiro atoms. The van der Waals surface area contributed by atoms with Crippen molar-refractivity contribution in [1.82, 2.24) is 0 Å². The summed E-state index contributed by atoms with van der Waals surface area (Å²) in [6.07, 6.45) is 0.0891. The van der Waals surface area contributed by atoms with Gasteiger partial charge >= 0.3 is 5.97 Å². The summed E-state index contributed by atoms with van der Waals surface area (Å²) in [6, 6.07) is 6.47. The van der Waals surface area contributed by atoms with Gasteiger partial charge in [-0.15, -0.1) is 11.3 Å². The highest BCUT2D eigenvalue weighted by molar-refractivity contribution is 7.12. The molecule has 1 heterocycles. The third kappa shape index (κ3) is 3.50. The summed E-state index contributed by atoms with van der Waals surface area (Å²) in [5, 5.41) is 13.9. The maximum atomic E-state index is 11.9. The summed E-state index contributed by atoms with van der Waals surface area (Å²) in [5.74, 6) is -1.38. The zero-order valence-corrected chi connectivity index (χ0v) is 12.4. The van der Waals surface area contributed by atoms with Crippen LogP contribution in [0.25, 0.3) is 0 Å². The third-order valence-electron chi connectivity index (χ3n) is 2.48. The lowest BCUT2D eigenvalue weighted by atomic mass is 10.1. The predicted molar refractivity (Wildman–Crippen MR) is 80.1 cm³/mol. The third-order valence-corrected chi connectivity index (χ3v) is 4.12. The molecule has 0 saturated carbocycles. The minimum Gasteiger partial charge on any atom is -0.477 e. The molecule has 2 N–H and O–H groups in total. The Hall–Kier alpha value is -1.56. The second kappa shape index (κ2) is 6.26. The molecular formula is C13H9Cl2NO3S. The number of aromatic carboxylic acids is 1. The zero-order valence-electron chi connectivity index (χ0n) is 10.0. The van der Waals surface area contributed by atoms with Crippen molar-refractivity contribution in [3.63, 3.8) is 0 Å². The molecule has 0 unspecified atom stereocenters. The highest BCUT2D eigenvalue weighted by Crippen LogP contribution is 2.24. The minimum absolute atomic E-state index is 0.0891. The number of anilines is 1. The van der Waals surface area contributed by atoms with Gasteiger partial charge in [0.1, 0.15) is 4.88 Å². The Balaban J connectivity index is 2.07. The molecule has 0 saturated heterocycles. The molecule has 0 radical (unpaired) electrons. The Kier molecular flexibility index (Phi) is 4.65. The lowest BCUT2D eigenvalue weighted by Crippen LogP contribution is -2.15. The van der Waals surface area contributed by atoms with E-state index in [1.807, 2.05) is 0 Å². The van der Waals surface area contributed by atoms with Crippen LogP contribution in [0.3, 0.4) is 0 Å². The first kappa shape index (κ1) is 14.8. The fourth-order valence-electron chi connectivity index (χ4n) is 1.60. The van der Waals surface area contributed by atoms with E-state index in [-0.39, 0.29) is 17.2 Å². The van der Waals surface area contributed by atoms with Crippen LogP contribution in [0.5, 0.6) is 0 Å². The maximum absolute atomic E-state index is 11.9. The van der Waals surface area contributed by atoms with E-state index in [1.54, 1.807) is 29.6 Å². The van der Waals surface area contributed by atoms with Gasteiger partial charge in [0, 0.05) is 0 Å². The van der Waals surface area contributed by atoms with Crippen LogP contribution in [0.4, 0.5) is 5.69 Å². The van der Waals surface area contributed by atoms with E-state index < -0.39 is 5.97 Å². The molecule has 20 heavy (non-hydrogen) atoms. The van der Waals surface area contributed by atoms with E-state index in [0.717, 1.165) is 11.3 Å². The number of hydrogen-bond acceptors (Lipinski definition) is 3.